The van der Waals surface area contributed by atoms with Crippen LogP contribution in [0.5, 0.6) is 0 Å². The standard InChI is InChI=1S/C14H15ClFNO/c1-2-9-17-14(12-7-8-13(15)18-12)10-5-3-4-6-11(10)16/h3-8,14,17H,2,9H2,1H3. The van der Waals surface area contributed by atoms with E-state index in [1.165, 1.54) is 6.07 Å². The molecule has 96 valence electrons. The van der Waals surface area contributed by atoms with Gasteiger partial charge in [-0.15, -0.1) is 0 Å². The Labute approximate surface area is 111 Å². The molecule has 0 aliphatic heterocycles. The summed E-state index contributed by atoms with van der Waals surface area (Å²) in [6.45, 7) is 2.83. The summed E-state index contributed by atoms with van der Waals surface area (Å²) in [4.78, 5) is 0. The predicted octanol–water partition coefficient (Wildman–Crippen LogP) is 4.16. The monoisotopic (exact) mass is 267 g/mol. The highest BCUT2D eigenvalue weighted by Crippen LogP contribution is 2.27. The van der Waals surface area contributed by atoms with E-state index in [-0.39, 0.29) is 11.9 Å². The molecular weight excluding hydrogens is 253 g/mol. The average molecular weight is 268 g/mol. The quantitative estimate of drug-likeness (QED) is 0.880. The fraction of sp³-hybridized carbons (Fsp3) is 0.286. The van der Waals surface area contributed by atoms with Crippen LogP contribution in [0.3, 0.4) is 0 Å². The molecule has 1 heterocycles. The Morgan fingerprint density at radius 3 is 2.67 bits per heavy atom. The van der Waals surface area contributed by atoms with E-state index in [2.05, 4.69) is 12.2 Å². The van der Waals surface area contributed by atoms with Gasteiger partial charge in [0.25, 0.3) is 0 Å². The SMILES string of the molecule is CCCNC(c1ccc(Cl)o1)c1ccccc1F. The van der Waals surface area contributed by atoms with E-state index in [1.54, 1.807) is 24.3 Å². The minimum atomic E-state index is -0.307. The maximum Gasteiger partial charge on any atom is 0.193 e. The highest BCUT2D eigenvalue weighted by Gasteiger charge is 2.20. The number of rotatable bonds is 5. The van der Waals surface area contributed by atoms with Crippen LogP contribution in [0.2, 0.25) is 5.22 Å². The second-order valence-electron chi connectivity index (χ2n) is 4.05. The van der Waals surface area contributed by atoms with Crippen molar-refractivity contribution in [2.75, 3.05) is 6.54 Å². The normalized spacial score (nSPS) is 12.6. The number of benzene rings is 1. The zero-order valence-electron chi connectivity index (χ0n) is 10.1. The van der Waals surface area contributed by atoms with Crippen molar-refractivity contribution in [1.82, 2.24) is 5.32 Å². The molecule has 0 amide bonds. The minimum absolute atomic E-state index is 0.251. The summed E-state index contributed by atoms with van der Waals surface area (Å²) in [5, 5.41) is 3.57. The lowest BCUT2D eigenvalue weighted by Crippen LogP contribution is -2.23. The molecule has 2 aromatic rings. The van der Waals surface area contributed by atoms with Crippen LogP contribution in [-0.2, 0) is 0 Å². The van der Waals surface area contributed by atoms with Crippen molar-refractivity contribution in [1.29, 1.82) is 0 Å². The lowest BCUT2D eigenvalue weighted by atomic mass is 10.0. The minimum Gasteiger partial charge on any atom is -0.448 e. The number of nitrogens with one attached hydrogen (secondary N) is 1. The lowest BCUT2D eigenvalue weighted by Gasteiger charge is -2.17. The predicted molar refractivity (Wildman–Crippen MR) is 70.3 cm³/mol. The van der Waals surface area contributed by atoms with Crippen molar-refractivity contribution in [2.24, 2.45) is 0 Å². The average Bonchev–Trinajstić information content (AvgIpc) is 2.78. The highest BCUT2D eigenvalue weighted by molar-refractivity contribution is 6.28. The molecule has 2 nitrogen and oxygen atoms in total. The van der Waals surface area contributed by atoms with Gasteiger partial charge in [0.05, 0.1) is 6.04 Å². The maximum absolute atomic E-state index is 13.8. The van der Waals surface area contributed by atoms with Crippen LogP contribution in [0.1, 0.15) is 30.7 Å². The summed E-state index contributed by atoms with van der Waals surface area (Å²) in [5.74, 6) is 0.372. The van der Waals surface area contributed by atoms with Crippen LogP contribution in [0.4, 0.5) is 4.39 Å². The van der Waals surface area contributed by atoms with Crippen molar-refractivity contribution in [2.45, 2.75) is 19.4 Å². The zero-order valence-corrected chi connectivity index (χ0v) is 10.9. The Bertz CT molecular complexity index is 512. The van der Waals surface area contributed by atoms with Gasteiger partial charge in [-0.1, -0.05) is 25.1 Å². The Hall–Kier alpha value is -1.32. The van der Waals surface area contributed by atoms with E-state index >= 15 is 0 Å². The first-order valence-corrected chi connectivity index (χ1v) is 6.33. The number of hydrogen-bond donors (Lipinski definition) is 1. The van der Waals surface area contributed by atoms with E-state index in [0.29, 0.717) is 16.5 Å². The molecule has 0 aliphatic carbocycles. The molecule has 0 bridgehead atoms. The van der Waals surface area contributed by atoms with Gasteiger partial charge in [0.1, 0.15) is 11.6 Å². The second-order valence-corrected chi connectivity index (χ2v) is 4.42. The van der Waals surface area contributed by atoms with Crippen LogP contribution in [0.25, 0.3) is 0 Å². The molecule has 1 N–H and O–H groups in total. The fourth-order valence-electron chi connectivity index (χ4n) is 1.85. The Morgan fingerprint density at radius 2 is 2.06 bits per heavy atom. The topological polar surface area (TPSA) is 25.2 Å². The Morgan fingerprint density at radius 1 is 1.28 bits per heavy atom. The van der Waals surface area contributed by atoms with Crippen molar-refractivity contribution in [3.8, 4) is 0 Å². The molecule has 0 saturated carbocycles. The molecule has 1 unspecified atom stereocenters. The summed E-state index contributed by atoms with van der Waals surface area (Å²) in [5.41, 5.74) is 0.567. The summed E-state index contributed by atoms with van der Waals surface area (Å²) in [7, 11) is 0. The smallest absolute Gasteiger partial charge is 0.193 e. The third kappa shape index (κ3) is 2.92. The van der Waals surface area contributed by atoms with E-state index in [4.69, 9.17) is 16.0 Å². The third-order valence-electron chi connectivity index (χ3n) is 2.69. The van der Waals surface area contributed by atoms with Gasteiger partial charge in [0, 0.05) is 5.56 Å². The van der Waals surface area contributed by atoms with E-state index in [1.807, 2.05) is 6.07 Å². The molecular formula is C14H15ClFNO. The van der Waals surface area contributed by atoms with E-state index in [0.717, 1.165) is 13.0 Å². The highest BCUT2D eigenvalue weighted by atomic mass is 35.5. The summed E-state index contributed by atoms with van der Waals surface area (Å²) in [6, 6.07) is 9.80. The molecule has 4 heteroatoms. The van der Waals surface area contributed by atoms with Crippen molar-refractivity contribution < 1.29 is 8.81 Å². The van der Waals surface area contributed by atoms with Gasteiger partial charge < -0.3 is 9.73 Å². The van der Waals surface area contributed by atoms with Gasteiger partial charge >= 0.3 is 0 Å². The van der Waals surface area contributed by atoms with Crippen LogP contribution in [0, 0.1) is 5.82 Å². The Balaban J connectivity index is 2.33. The van der Waals surface area contributed by atoms with Gasteiger partial charge in [-0.05, 0) is 42.8 Å². The largest absolute Gasteiger partial charge is 0.448 e. The van der Waals surface area contributed by atoms with Gasteiger partial charge in [-0.2, -0.15) is 0 Å². The first-order chi connectivity index (χ1) is 8.72. The maximum atomic E-state index is 13.8. The zero-order chi connectivity index (χ0) is 13.0. The first-order valence-electron chi connectivity index (χ1n) is 5.95. The molecule has 0 radical (unpaired) electrons. The molecule has 1 atom stereocenters. The molecule has 0 spiro atoms. The molecule has 0 saturated heterocycles. The van der Waals surface area contributed by atoms with Crippen LogP contribution < -0.4 is 5.32 Å². The van der Waals surface area contributed by atoms with Crippen LogP contribution in [-0.4, -0.2) is 6.54 Å². The van der Waals surface area contributed by atoms with Crippen molar-refractivity contribution in [3.05, 3.63) is 58.8 Å². The second kappa shape index (κ2) is 6.03. The molecule has 18 heavy (non-hydrogen) atoms. The fourth-order valence-corrected chi connectivity index (χ4v) is 2.00. The Kier molecular flexibility index (Phi) is 4.39. The number of hydrogen-bond acceptors (Lipinski definition) is 2. The molecule has 1 aromatic heterocycles. The summed E-state index contributed by atoms with van der Waals surface area (Å²) in [6.07, 6.45) is 0.958. The molecule has 2 rings (SSSR count). The van der Waals surface area contributed by atoms with Gasteiger partial charge in [0.15, 0.2) is 5.22 Å². The van der Waals surface area contributed by atoms with Crippen LogP contribution >= 0.6 is 11.6 Å². The van der Waals surface area contributed by atoms with Gasteiger partial charge in [-0.3, -0.25) is 0 Å². The number of halogens is 2. The summed E-state index contributed by atoms with van der Waals surface area (Å²) < 4.78 is 19.2. The van der Waals surface area contributed by atoms with Crippen molar-refractivity contribution >= 4 is 11.6 Å². The molecule has 0 aliphatic rings. The molecule has 0 fully saturated rings. The van der Waals surface area contributed by atoms with Crippen LogP contribution in [0.15, 0.2) is 40.8 Å². The van der Waals surface area contributed by atoms with E-state index in [9.17, 15) is 4.39 Å². The number of furan rings is 1. The first kappa shape index (κ1) is 13.1. The third-order valence-corrected chi connectivity index (χ3v) is 2.90. The van der Waals surface area contributed by atoms with Crippen molar-refractivity contribution in [3.63, 3.8) is 0 Å². The van der Waals surface area contributed by atoms with E-state index < -0.39 is 0 Å². The summed E-state index contributed by atoms with van der Waals surface area (Å²) >= 11 is 5.78. The molecule has 1 aromatic carbocycles. The lowest BCUT2D eigenvalue weighted by molar-refractivity contribution is 0.437. The van der Waals surface area contributed by atoms with Gasteiger partial charge in [-0.25, -0.2) is 4.39 Å². The van der Waals surface area contributed by atoms with Gasteiger partial charge in [0.2, 0.25) is 0 Å².